The van der Waals surface area contributed by atoms with Crippen LogP contribution in [0.15, 0.2) is 65.7 Å². The van der Waals surface area contributed by atoms with E-state index >= 15 is 0 Å². The van der Waals surface area contributed by atoms with E-state index in [0.717, 1.165) is 33.0 Å². The third-order valence-corrected chi connectivity index (χ3v) is 5.81. The predicted octanol–water partition coefficient (Wildman–Crippen LogP) is 5.07. The van der Waals surface area contributed by atoms with Gasteiger partial charge in [0.05, 0.1) is 18.3 Å². The summed E-state index contributed by atoms with van der Waals surface area (Å²) in [6.07, 6.45) is 2.47. The van der Waals surface area contributed by atoms with Gasteiger partial charge in [0.2, 0.25) is 0 Å². The molecule has 142 valence electrons. The van der Waals surface area contributed by atoms with Crippen LogP contribution in [0, 0.1) is 6.92 Å². The summed E-state index contributed by atoms with van der Waals surface area (Å²) in [5, 5.41) is 0.710. The number of nitrogens with zero attached hydrogens (tertiary/aromatic N) is 2. The molecule has 0 bridgehead atoms. The van der Waals surface area contributed by atoms with Crippen LogP contribution in [-0.4, -0.2) is 16.2 Å². The highest BCUT2D eigenvalue weighted by Crippen LogP contribution is 2.36. The van der Waals surface area contributed by atoms with Gasteiger partial charge >= 0.3 is 0 Å². The predicted molar refractivity (Wildman–Crippen MR) is 115 cm³/mol. The monoisotopic (exact) mass is 390 g/mol. The van der Waals surface area contributed by atoms with Gasteiger partial charge in [-0.3, -0.25) is 9.36 Å². The van der Waals surface area contributed by atoms with Crippen LogP contribution in [0.3, 0.4) is 0 Å². The van der Waals surface area contributed by atoms with Crippen molar-refractivity contribution in [1.82, 2.24) is 9.55 Å². The summed E-state index contributed by atoms with van der Waals surface area (Å²) in [6.45, 7) is 5.26. The van der Waals surface area contributed by atoms with E-state index in [-0.39, 0.29) is 5.56 Å². The summed E-state index contributed by atoms with van der Waals surface area (Å²) in [5.41, 5.74) is 3.23. The average molecular weight is 391 g/mol. The summed E-state index contributed by atoms with van der Waals surface area (Å²) in [7, 11) is 0. The maximum atomic E-state index is 13.2. The van der Waals surface area contributed by atoms with E-state index in [0.29, 0.717) is 18.5 Å². The van der Waals surface area contributed by atoms with Crippen LogP contribution in [0.25, 0.3) is 21.3 Å². The summed E-state index contributed by atoms with van der Waals surface area (Å²) < 4.78 is 7.26. The molecule has 0 saturated carbocycles. The number of ether oxygens (including phenoxy) is 1. The fourth-order valence-corrected chi connectivity index (χ4v) is 4.43. The lowest BCUT2D eigenvalue weighted by molar-refractivity contribution is 0.340. The van der Waals surface area contributed by atoms with Gasteiger partial charge in [-0.2, -0.15) is 0 Å². The van der Waals surface area contributed by atoms with E-state index in [4.69, 9.17) is 4.74 Å². The number of hydrogen-bond acceptors (Lipinski definition) is 4. The molecule has 28 heavy (non-hydrogen) atoms. The Bertz CT molecular complexity index is 1150. The zero-order chi connectivity index (χ0) is 19.5. The number of rotatable bonds is 6. The maximum Gasteiger partial charge on any atom is 0.262 e. The molecule has 0 saturated heterocycles. The molecule has 2 heterocycles. The number of benzene rings is 2. The van der Waals surface area contributed by atoms with Crippen molar-refractivity contribution in [3.8, 4) is 16.9 Å². The fourth-order valence-electron chi connectivity index (χ4n) is 3.42. The van der Waals surface area contributed by atoms with Crippen molar-refractivity contribution in [2.75, 3.05) is 6.61 Å². The minimum atomic E-state index is 0.0224. The Labute approximate surface area is 168 Å². The molecule has 0 radical (unpaired) electrons. The summed E-state index contributed by atoms with van der Waals surface area (Å²) >= 11 is 1.57. The molecule has 0 fully saturated rings. The van der Waals surface area contributed by atoms with Gasteiger partial charge in [0, 0.05) is 17.0 Å². The zero-order valence-electron chi connectivity index (χ0n) is 16.0. The third-order valence-electron chi connectivity index (χ3n) is 4.79. The molecule has 0 aliphatic rings. The Morgan fingerprint density at radius 2 is 1.82 bits per heavy atom. The SMILES string of the molecule is CCOc1ccc(-c2c(C)sc3ncn(CCc4ccccc4)c(=O)c23)cc1. The molecule has 2 aromatic carbocycles. The molecular weight excluding hydrogens is 368 g/mol. The van der Waals surface area contributed by atoms with Crippen LogP contribution < -0.4 is 10.3 Å². The maximum absolute atomic E-state index is 13.2. The first-order valence-electron chi connectivity index (χ1n) is 9.43. The van der Waals surface area contributed by atoms with Crippen molar-refractivity contribution in [2.24, 2.45) is 0 Å². The first kappa shape index (κ1) is 18.4. The van der Waals surface area contributed by atoms with Crippen LogP contribution in [0.2, 0.25) is 0 Å². The highest BCUT2D eigenvalue weighted by atomic mass is 32.1. The van der Waals surface area contributed by atoms with E-state index < -0.39 is 0 Å². The average Bonchev–Trinajstić information content (AvgIpc) is 3.06. The Kier molecular flexibility index (Phi) is 5.26. The molecular formula is C23H22N2O2S. The summed E-state index contributed by atoms with van der Waals surface area (Å²) in [4.78, 5) is 19.7. The summed E-state index contributed by atoms with van der Waals surface area (Å²) in [5.74, 6) is 0.835. The lowest BCUT2D eigenvalue weighted by atomic mass is 10.0. The first-order chi connectivity index (χ1) is 13.7. The molecule has 4 rings (SSSR count). The molecule has 4 nitrogen and oxygen atoms in total. The van der Waals surface area contributed by atoms with Gasteiger partial charge in [0.1, 0.15) is 10.6 Å². The largest absolute Gasteiger partial charge is 0.494 e. The number of aromatic nitrogens is 2. The van der Waals surface area contributed by atoms with Crippen LogP contribution in [-0.2, 0) is 13.0 Å². The second-order valence-corrected chi connectivity index (χ2v) is 7.85. The van der Waals surface area contributed by atoms with Crippen molar-refractivity contribution in [1.29, 1.82) is 0 Å². The molecule has 0 N–H and O–H groups in total. The molecule has 4 aromatic rings. The molecule has 0 spiro atoms. The number of fused-ring (bicyclic) bond motifs is 1. The molecule has 5 heteroatoms. The van der Waals surface area contributed by atoms with Crippen LogP contribution in [0.1, 0.15) is 17.4 Å². The van der Waals surface area contributed by atoms with Gasteiger partial charge in [-0.15, -0.1) is 11.3 Å². The fraction of sp³-hybridized carbons (Fsp3) is 0.217. The van der Waals surface area contributed by atoms with E-state index in [2.05, 4.69) is 17.1 Å². The lowest BCUT2D eigenvalue weighted by Gasteiger charge is -2.08. The van der Waals surface area contributed by atoms with E-state index in [9.17, 15) is 4.79 Å². The molecule has 0 amide bonds. The minimum absolute atomic E-state index is 0.0224. The van der Waals surface area contributed by atoms with Gasteiger partial charge < -0.3 is 4.74 Å². The zero-order valence-corrected chi connectivity index (χ0v) is 16.8. The minimum Gasteiger partial charge on any atom is -0.494 e. The Hall–Kier alpha value is -2.92. The second kappa shape index (κ2) is 7.98. The van der Waals surface area contributed by atoms with E-state index in [1.54, 1.807) is 22.2 Å². The Balaban J connectivity index is 1.73. The van der Waals surface area contributed by atoms with E-state index in [1.807, 2.05) is 56.3 Å². The van der Waals surface area contributed by atoms with Crippen molar-refractivity contribution >= 4 is 21.6 Å². The number of hydrogen-bond donors (Lipinski definition) is 0. The van der Waals surface area contributed by atoms with Crippen molar-refractivity contribution in [3.63, 3.8) is 0 Å². The van der Waals surface area contributed by atoms with Gasteiger partial charge in [-0.25, -0.2) is 4.98 Å². The molecule has 0 atom stereocenters. The molecule has 0 unspecified atom stereocenters. The highest BCUT2D eigenvalue weighted by Gasteiger charge is 2.17. The quantitative estimate of drug-likeness (QED) is 0.461. The van der Waals surface area contributed by atoms with E-state index in [1.165, 1.54) is 5.56 Å². The standard InChI is InChI=1S/C23H22N2O2S/c1-3-27-19-11-9-18(10-12-19)20-16(2)28-22-21(20)23(26)25(15-24-22)14-13-17-7-5-4-6-8-17/h4-12,15H,3,13-14H2,1-2H3. The Morgan fingerprint density at radius 3 is 2.54 bits per heavy atom. The molecule has 2 aromatic heterocycles. The van der Waals surface area contributed by atoms with Crippen LogP contribution in [0.5, 0.6) is 5.75 Å². The van der Waals surface area contributed by atoms with Gasteiger partial charge in [-0.05, 0) is 43.5 Å². The normalized spacial score (nSPS) is 11.1. The number of aryl methyl sites for hydroxylation is 3. The van der Waals surface area contributed by atoms with Gasteiger partial charge in [-0.1, -0.05) is 42.5 Å². The summed E-state index contributed by atoms with van der Waals surface area (Å²) in [6, 6.07) is 18.1. The molecule has 0 aliphatic carbocycles. The third kappa shape index (κ3) is 3.58. The molecule has 0 aliphatic heterocycles. The smallest absolute Gasteiger partial charge is 0.262 e. The number of thiophene rings is 1. The Morgan fingerprint density at radius 1 is 1.07 bits per heavy atom. The topological polar surface area (TPSA) is 44.1 Å². The lowest BCUT2D eigenvalue weighted by Crippen LogP contribution is -2.21. The first-order valence-corrected chi connectivity index (χ1v) is 10.2. The van der Waals surface area contributed by atoms with Gasteiger partial charge in [0.25, 0.3) is 5.56 Å². The van der Waals surface area contributed by atoms with Crippen molar-refractivity contribution < 1.29 is 4.74 Å². The highest BCUT2D eigenvalue weighted by molar-refractivity contribution is 7.19. The van der Waals surface area contributed by atoms with Crippen molar-refractivity contribution in [3.05, 3.63) is 81.7 Å². The van der Waals surface area contributed by atoms with Crippen molar-refractivity contribution in [2.45, 2.75) is 26.8 Å². The van der Waals surface area contributed by atoms with Crippen LogP contribution >= 0.6 is 11.3 Å². The second-order valence-electron chi connectivity index (χ2n) is 6.65. The van der Waals surface area contributed by atoms with Gasteiger partial charge in [0.15, 0.2) is 0 Å². The van der Waals surface area contributed by atoms with Crippen LogP contribution in [0.4, 0.5) is 0 Å².